The van der Waals surface area contributed by atoms with E-state index >= 15 is 0 Å². The molecule has 178 valence electrons. The Morgan fingerprint density at radius 2 is 1.88 bits per heavy atom. The average molecular weight is 463 g/mol. The Bertz CT molecular complexity index is 836. The highest BCUT2D eigenvalue weighted by Crippen LogP contribution is 2.70. The van der Waals surface area contributed by atoms with E-state index in [9.17, 15) is 19.5 Å². The molecule has 4 aliphatic carbocycles. The first-order valence-electron chi connectivity index (χ1n) is 12.3. The van der Waals surface area contributed by atoms with Crippen molar-refractivity contribution < 1.29 is 24.2 Å². The van der Waals surface area contributed by atoms with Crippen molar-refractivity contribution in [3.63, 3.8) is 0 Å². The number of carbonyl (C=O) groups excluding carboxylic acids is 3. The fourth-order valence-corrected chi connectivity index (χ4v) is 9.42. The molecule has 32 heavy (non-hydrogen) atoms. The number of thioether (sulfide) groups is 1. The molecule has 0 spiro atoms. The third kappa shape index (κ3) is 3.70. The van der Waals surface area contributed by atoms with Gasteiger partial charge in [0, 0.05) is 37.5 Å². The molecule has 0 aliphatic heterocycles. The maximum atomic E-state index is 12.3. The highest BCUT2D eigenvalue weighted by molar-refractivity contribution is 8.14. The summed E-state index contributed by atoms with van der Waals surface area (Å²) >= 11 is 1.46. The van der Waals surface area contributed by atoms with Crippen LogP contribution in [-0.4, -0.2) is 39.4 Å². The molecular weight excluding hydrogens is 424 g/mol. The summed E-state index contributed by atoms with van der Waals surface area (Å²) in [4.78, 5) is 36.7. The van der Waals surface area contributed by atoms with Crippen LogP contribution >= 0.6 is 11.8 Å². The lowest BCUT2D eigenvalue weighted by Crippen LogP contribution is -2.58. The molecule has 0 saturated heterocycles. The first kappa shape index (κ1) is 24.0. The second kappa shape index (κ2) is 8.57. The van der Waals surface area contributed by atoms with Gasteiger partial charge >= 0.3 is 5.97 Å². The number of allylic oxidation sites excluding steroid dienone is 1. The molecule has 0 heterocycles. The Labute approximate surface area is 196 Å². The highest BCUT2D eigenvalue weighted by atomic mass is 32.2. The highest BCUT2D eigenvalue weighted by Gasteiger charge is 2.67. The molecule has 0 radical (unpaired) electrons. The minimum absolute atomic E-state index is 0.0194. The molecule has 3 fully saturated rings. The minimum Gasteiger partial charge on any atom is -0.459 e. The van der Waals surface area contributed by atoms with Gasteiger partial charge in [0.2, 0.25) is 0 Å². The summed E-state index contributed by atoms with van der Waals surface area (Å²) in [6.45, 7) is 7.89. The largest absolute Gasteiger partial charge is 0.459 e. The molecule has 0 aromatic carbocycles. The van der Waals surface area contributed by atoms with Crippen molar-refractivity contribution in [2.75, 3.05) is 6.61 Å². The van der Waals surface area contributed by atoms with Gasteiger partial charge < -0.3 is 9.84 Å². The number of rotatable bonds is 5. The van der Waals surface area contributed by atoms with Crippen LogP contribution < -0.4 is 0 Å². The maximum absolute atomic E-state index is 12.3. The number of fused-ring (bicyclic) bond motifs is 5. The molecule has 7 atom stereocenters. The Hall–Kier alpha value is -1.14. The fourth-order valence-electron chi connectivity index (χ4n) is 8.20. The summed E-state index contributed by atoms with van der Waals surface area (Å²) in [6, 6.07) is 0. The number of carbonyl (C=O) groups is 3. The Kier molecular flexibility index (Phi) is 6.43. The zero-order valence-corrected chi connectivity index (χ0v) is 20.8. The Morgan fingerprint density at radius 1 is 1.16 bits per heavy atom. The second-order valence-corrected chi connectivity index (χ2v) is 12.5. The zero-order valence-electron chi connectivity index (χ0n) is 19.9. The van der Waals surface area contributed by atoms with Crippen molar-refractivity contribution in [3.8, 4) is 0 Å². The van der Waals surface area contributed by atoms with Gasteiger partial charge in [-0.25, -0.2) is 0 Å². The number of esters is 1. The molecule has 6 heteroatoms. The van der Waals surface area contributed by atoms with Gasteiger partial charge in [0.25, 0.3) is 0 Å². The summed E-state index contributed by atoms with van der Waals surface area (Å²) in [5.41, 5.74) is 0.572. The number of aliphatic hydroxyl groups is 1. The van der Waals surface area contributed by atoms with Gasteiger partial charge in [-0.1, -0.05) is 31.2 Å². The van der Waals surface area contributed by atoms with Crippen LogP contribution in [0.1, 0.15) is 85.5 Å². The van der Waals surface area contributed by atoms with Gasteiger partial charge in [-0.05, 0) is 80.6 Å². The van der Waals surface area contributed by atoms with Crippen molar-refractivity contribution in [2.45, 2.75) is 96.3 Å². The maximum Gasteiger partial charge on any atom is 0.303 e. The molecule has 0 aromatic heterocycles. The van der Waals surface area contributed by atoms with Gasteiger partial charge in [0.05, 0.1) is 0 Å². The van der Waals surface area contributed by atoms with E-state index in [1.165, 1.54) is 24.3 Å². The third-order valence-electron chi connectivity index (χ3n) is 9.65. The summed E-state index contributed by atoms with van der Waals surface area (Å²) in [5, 5.41) is 9.85. The van der Waals surface area contributed by atoms with E-state index in [1.54, 1.807) is 6.92 Å². The number of hydrogen-bond donors (Lipinski definition) is 1. The molecule has 0 unspecified atom stereocenters. The van der Waals surface area contributed by atoms with Crippen LogP contribution in [0.4, 0.5) is 0 Å². The molecule has 4 rings (SSSR count). The van der Waals surface area contributed by atoms with Crippen molar-refractivity contribution in [1.29, 1.82) is 0 Å². The van der Waals surface area contributed by atoms with E-state index in [4.69, 9.17) is 4.74 Å². The van der Waals surface area contributed by atoms with E-state index in [2.05, 4.69) is 13.8 Å². The summed E-state index contributed by atoms with van der Waals surface area (Å²) in [6.07, 6.45) is 9.34. The van der Waals surface area contributed by atoms with Gasteiger partial charge in [-0.15, -0.1) is 0 Å². The van der Waals surface area contributed by atoms with E-state index in [1.807, 2.05) is 6.08 Å². The van der Waals surface area contributed by atoms with Crippen molar-refractivity contribution in [2.24, 2.45) is 28.6 Å². The van der Waals surface area contributed by atoms with E-state index in [-0.39, 0.29) is 39.6 Å². The standard InChI is InChI=1S/C26H38O5S/c1-16(28)31-26(9-5-13-27)12-8-21-23-20(7-11-25(21,26)4)24(3)10-6-19(30)14-18(24)15-22(23)32-17(2)29/h14,20-23,27H,5-13,15H2,1-4H3/t20-,21-,22+,23+,24-,25-,26-/m0/s1. The molecule has 0 bridgehead atoms. The molecule has 4 aliphatic rings. The smallest absolute Gasteiger partial charge is 0.303 e. The lowest BCUT2D eigenvalue weighted by molar-refractivity contribution is -0.184. The van der Waals surface area contributed by atoms with Gasteiger partial charge in [-0.2, -0.15) is 0 Å². The predicted octanol–water partition coefficient (Wildman–Crippen LogP) is 4.85. The first-order valence-corrected chi connectivity index (χ1v) is 13.2. The molecule has 1 N–H and O–H groups in total. The molecule has 0 amide bonds. The zero-order chi connectivity index (χ0) is 23.3. The summed E-state index contributed by atoms with van der Waals surface area (Å²) in [5.74, 6) is 1.16. The van der Waals surface area contributed by atoms with E-state index in [0.29, 0.717) is 37.0 Å². The third-order valence-corrected chi connectivity index (χ3v) is 10.8. The predicted molar refractivity (Wildman–Crippen MR) is 125 cm³/mol. The SMILES string of the molecule is CC(=O)O[C@@]1(CCCO)CC[C@H]2[C@@H]3[C@H](SC(C)=O)CC4=CC(=O)CC[C@]4(C)[C@H]3CC[C@@]21C. The van der Waals surface area contributed by atoms with Crippen LogP contribution in [0, 0.1) is 28.6 Å². The van der Waals surface area contributed by atoms with Gasteiger partial charge in [0.15, 0.2) is 10.9 Å². The van der Waals surface area contributed by atoms with Crippen LogP contribution in [0.3, 0.4) is 0 Å². The van der Waals surface area contributed by atoms with Gasteiger partial charge in [0.1, 0.15) is 5.60 Å². The van der Waals surface area contributed by atoms with E-state index in [0.717, 1.165) is 38.5 Å². The monoisotopic (exact) mass is 462 g/mol. The van der Waals surface area contributed by atoms with Crippen molar-refractivity contribution in [3.05, 3.63) is 11.6 Å². The normalized spacial score (nSPS) is 43.0. The molecule has 5 nitrogen and oxygen atoms in total. The van der Waals surface area contributed by atoms with Gasteiger partial charge in [-0.3, -0.25) is 14.4 Å². The van der Waals surface area contributed by atoms with Crippen LogP contribution in [0.2, 0.25) is 0 Å². The number of ether oxygens (including phenoxy) is 1. The van der Waals surface area contributed by atoms with Crippen molar-refractivity contribution in [1.82, 2.24) is 0 Å². The van der Waals surface area contributed by atoms with Crippen LogP contribution in [0.15, 0.2) is 11.6 Å². The fraction of sp³-hybridized carbons (Fsp3) is 0.808. The van der Waals surface area contributed by atoms with Crippen LogP contribution in [0.25, 0.3) is 0 Å². The number of aliphatic hydroxyl groups excluding tert-OH is 1. The van der Waals surface area contributed by atoms with Crippen molar-refractivity contribution >= 4 is 28.6 Å². The Morgan fingerprint density at radius 3 is 2.53 bits per heavy atom. The Balaban J connectivity index is 1.75. The summed E-state index contributed by atoms with van der Waals surface area (Å²) in [7, 11) is 0. The lowest BCUT2D eigenvalue weighted by Gasteiger charge is -2.61. The van der Waals surface area contributed by atoms with Crippen LogP contribution in [0.5, 0.6) is 0 Å². The number of ketones is 1. The van der Waals surface area contributed by atoms with E-state index < -0.39 is 5.60 Å². The number of hydrogen-bond acceptors (Lipinski definition) is 6. The summed E-state index contributed by atoms with van der Waals surface area (Å²) < 4.78 is 6.14. The van der Waals surface area contributed by atoms with Crippen LogP contribution in [-0.2, 0) is 19.1 Å². The minimum atomic E-state index is -0.539. The molecular formula is C26H38O5S. The second-order valence-electron chi connectivity index (χ2n) is 11.1. The average Bonchev–Trinajstić information content (AvgIpc) is 2.99. The molecule has 0 aromatic rings. The molecule has 3 saturated carbocycles. The topological polar surface area (TPSA) is 80.7 Å². The lowest BCUT2D eigenvalue weighted by atomic mass is 9.46. The first-order chi connectivity index (χ1) is 15.1. The quantitative estimate of drug-likeness (QED) is 0.588.